The van der Waals surface area contributed by atoms with Gasteiger partial charge < -0.3 is 4.57 Å². The molecule has 0 aliphatic carbocycles. The van der Waals surface area contributed by atoms with E-state index < -0.39 is 0 Å². The maximum Gasteiger partial charge on any atom is 0.301 e. The number of aromatic nitrogens is 5. The number of hydrogen-bond acceptors (Lipinski definition) is 2. The highest BCUT2D eigenvalue weighted by atomic mass is 15.4. The van der Waals surface area contributed by atoms with Gasteiger partial charge in [-0.3, -0.25) is 4.57 Å². The van der Waals surface area contributed by atoms with Gasteiger partial charge in [-0.05, 0) is 68.0 Å². The first kappa shape index (κ1) is 37.6. The minimum Gasteiger partial charge on any atom is -0.306 e. The maximum absolute atomic E-state index is 5.48. The predicted molar refractivity (Wildman–Crippen MR) is 271 cm³/mol. The van der Waals surface area contributed by atoms with E-state index in [9.17, 15) is 0 Å². The molecule has 0 fully saturated rings. The standard InChI is InChI=1S/C61H40N5/c1-4-17-41(18-5-1)43-33-35-48(36-34-43)64-40-55(45-22-8-3-9-23-45)62-61(63-64)66-57-30-15-13-26-52(57)54-38-37-53-51-25-12-14-29-56(51)65(59(53)60(54)66)58-49(44-20-6-2-7-21-44)27-16-28-50(58)47-32-31-42-19-10-11-24-46(42)39-47/h1-40H/q+1. The topological polar surface area (TPSA) is 39.5 Å². The van der Waals surface area contributed by atoms with Gasteiger partial charge in [-0.1, -0.05) is 194 Å². The zero-order chi connectivity index (χ0) is 43.6. The molecule has 13 aromatic rings. The van der Waals surface area contributed by atoms with E-state index in [0.717, 1.165) is 88.7 Å². The summed E-state index contributed by atoms with van der Waals surface area (Å²) < 4.78 is 6.80. The molecule has 0 spiro atoms. The van der Waals surface area contributed by atoms with Crippen LogP contribution in [-0.4, -0.2) is 19.2 Å². The molecule has 10 aromatic carbocycles. The molecule has 308 valence electrons. The molecule has 0 saturated heterocycles. The molecule has 66 heavy (non-hydrogen) atoms. The zero-order valence-corrected chi connectivity index (χ0v) is 35.8. The van der Waals surface area contributed by atoms with Crippen molar-refractivity contribution in [3.63, 3.8) is 0 Å². The minimum atomic E-state index is 0.574. The van der Waals surface area contributed by atoms with Crippen molar-refractivity contribution in [3.05, 3.63) is 243 Å². The van der Waals surface area contributed by atoms with E-state index in [2.05, 4.69) is 240 Å². The highest BCUT2D eigenvalue weighted by Gasteiger charge is 2.27. The smallest absolute Gasteiger partial charge is 0.301 e. The largest absolute Gasteiger partial charge is 0.306 e. The molecule has 0 saturated carbocycles. The molecular formula is C61H40N5+. The van der Waals surface area contributed by atoms with Gasteiger partial charge in [0.15, 0.2) is 0 Å². The van der Waals surface area contributed by atoms with Crippen LogP contribution in [0.4, 0.5) is 0 Å². The summed E-state index contributed by atoms with van der Waals surface area (Å²) in [6, 6.07) is 84.6. The number of hydrogen-bond donors (Lipinski definition) is 0. The molecular weight excluding hydrogens is 803 g/mol. The Morgan fingerprint density at radius 2 is 0.864 bits per heavy atom. The van der Waals surface area contributed by atoms with Crippen molar-refractivity contribution >= 4 is 54.4 Å². The molecule has 3 aromatic heterocycles. The first-order valence-electron chi connectivity index (χ1n) is 22.4. The average Bonchev–Trinajstić information content (AvgIpc) is 3.92. The molecule has 3 heterocycles. The molecule has 0 aliphatic rings. The fourth-order valence-corrected chi connectivity index (χ4v) is 9.98. The van der Waals surface area contributed by atoms with Crippen molar-refractivity contribution in [1.29, 1.82) is 0 Å². The molecule has 0 bridgehead atoms. The third kappa shape index (κ3) is 6.13. The van der Waals surface area contributed by atoms with Crippen LogP contribution in [0.5, 0.6) is 0 Å². The molecule has 0 N–H and O–H groups in total. The van der Waals surface area contributed by atoms with Crippen LogP contribution in [0.25, 0.3) is 116 Å². The van der Waals surface area contributed by atoms with Gasteiger partial charge in [0.05, 0.1) is 27.8 Å². The lowest BCUT2D eigenvalue weighted by atomic mass is 9.94. The van der Waals surface area contributed by atoms with Crippen LogP contribution >= 0.6 is 0 Å². The van der Waals surface area contributed by atoms with E-state index in [1.165, 1.54) is 21.7 Å². The van der Waals surface area contributed by atoms with Crippen molar-refractivity contribution in [2.45, 2.75) is 0 Å². The molecule has 0 amide bonds. The maximum atomic E-state index is 5.48. The number of nitrogens with zero attached hydrogens (tertiary/aromatic N) is 5. The summed E-state index contributed by atoms with van der Waals surface area (Å²) in [5.74, 6) is 0.574. The van der Waals surface area contributed by atoms with Gasteiger partial charge in [0.2, 0.25) is 11.9 Å². The van der Waals surface area contributed by atoms with Gasteiger partial charge in [-0.15, -0.1) is 0 Å². The van der Waals surface area contributed by atoms with Crippen molar-refractivity contribution in [3.8, 4) is 62.0 Å². The van der Waals surface area contributed by atoms with E-state index in [1.807, 2.05) is 16.9 Å². The lowest BCUT2D eigenvalue weighted by Gasteiger charge is -2.20. The first-order chi connectivity index (χ1) is 32.7. The van der Waals surface area contributed by atoms with Gasteiger partial charge >= 0.3 is 5.95 Å². The monoisotopic (exact) mass is 842 g/mol. The van der Waals surface area contributed by atoms with E-state index in [4.69, 9.17) is 10.1 Å². The van der Waals surface area contributed by atoms with Gasteiger partial charge in [0.1, 0.15) is 5.69 Å². The van der Waals surface area contributed by atoms with Crippen LogP contribution in [0.2, 0.25) is 0 Å². The Balaban J connectivity index is 1.15. The second kappa shape index (κ2) is 15.4. The van der Waals surface area contributed by atoms with E-state index in [0.29, 0.717) is 5.95 Å². The number of rotatable bonds is 7. The van der Waals surface area contributed by atoms with Crippen molar-refractivity contribution < 1.29 is 4.68 Å². The zero-order valence-electron chi connectivity index (χ0n) is 35.8. The summed E-state index contributed by atoms with van der Waals surface area (Å²) in [4.78, 5) is 5.48. The molecule has 0 radical (unpaired) electrons. The van der Waals surface area contributed by atoms with Crippen LogP contribution in [-0.2, 0) is 0 Å². The van der Waals surface area contributed by atoms with E-state index in [-0.39, 0.29) is 0 Å². The minimum absolute atomic E-state index is 0.574. The predicted octanol–water partition coefficient (Wildman–Crippen LogP) is 14.8. The van der Waals surface area contributed by atoms with Gasteiger partial charge in [-0.25, -0.2) is 4.98 Å². The Bertz CT molecular complexity index is 3960. The Morgan fingerprint density at radius 3 is 1.55 bits per heavy atom. The van der Waals surface area contributed by atoms with Gasteiger partial charge in [0.25, 0.3) is 0 Å². The third-order valence-corrected chi connectivity index (χ3v) is 13.0. The summed E-state index contributed by atoms with van der Waals surface area (Å²) >= 11 is 0. The molecule has 0 unspecified atom stereocenters. The Morgan fingerprint density at radius 1 is 0.348 bits per heavy atom. The molecule has 0 aliphatic heterocycles. The molecule has 5 heteroatoms. The summed E-state index contributed by atoms with van der Waals surface area (Å²) in [5, 5.41) is 12.5. The van der Waals surface area contributed by atoms with Gasteiger partial charge in [-0.2, -0.15) is 0 Å². The second-order valence-corrected chi connectivity index (χ2v) is 16.8. The summed E-state index contributed by atoms with van der Waals surface area (Å²) in [6.07, 6.45) is 2.04. The quantitative estimate of drug-likeness (QED) is 0.150. The fraction of sp³-hybridized carbons (Fsp3) is 0. The van der Waals surface area contributed by atoms with Crippen LogP contribution in [0.3, 0.4) is 0 Å². The lowest BCUT2D eigenvalue weighted by molar-refractivity contribution is -0.659. The average molecular weight is 843 g/mol. The van der Waals surface area contributed by atoms with Crippen molar-refractivity contribution in [2.24, 2.45) is 0 Å². The summed E-state index contributed by atoms with van der Waals surface area (Å²) in [7, 11) is 0. The van der Waals surface area contributed by atoms with Crippen molar-refractivity contribution in [2.75, 3.05) is 0 Å². The Hall–Kier alpha value is -8.93. The van der Waals surface area contributed by atoms with E-state index >= 15 is 0 Å². The van der Waals surface area contributed by atoms with E-state index in [1.54, 1.807) is 0 Å². The SMILES string of the molecule is c1ccc(-c2ccc(-[n+]3cc(-c4ccccc4)nc(-n4c5ccccc5c5ccc6c7ccccc7n(-c7c(-c8ccccc8)cccc7-c7ccc8ccccc8c7)c6c54)n3)cc2)cc1. The van der Waals surface area contributed by atoms with Crippen LogP contribution in [0.1, 0.15) is 0 Å². The fourth-order valence-electron chi connectivity index (χ4n) is 9.98. The normalized spacial score (nSPS) is 11.6. The second-order valence-electron chi connectivity index (χ2n) is 16.8. The summed E-state index contributed by atoms with van der Waals surface area (Å²) in [5.41, 5.74) is 15.0. The molecule has 0 atom stereocenters. The third-order valence-electron chi connectivity index (χ3n) is 13.0. The summed E-state index contributed by atoms with van der Waals surface area (Å²) in [6.45, 7) is 0. The molecule has 5 nitrogen and oxygen atoms in total. The Kier molecular flexibility index (Phi) is 8.78. The van der Waals surface area contributed by atoms with Crippen LogP contribution < -0.4 is 4.68 Å². The highest BCUT2D eigenvalue weighted by molar-refractivity contribution is 6.24. The van der Waals surface area contributed by atoms with Crippen molar-refractivity contribution in [1.82, 2.24) is 19.2 Å². The lowest BCUT2D eigenvalue weighted by Crippen LogP contribution is -2.37. The van der Waals surface area contributed by atoms with Crippen LogP contribution in [0.15, 0.2) is 243 Å². The number of para-hydroxylation sites is 3. The van der Waals surface area contributed by atoms with Gasteiger partial charge in [0, 0.05) is 55.5 Å². The molecule has 13 rings (SSSR count). The van der Waals surface area contributed by atoms with Crippen LogP contribution in [0, 0.1) is 0 Å². The number of benzene rings is 10. The first-order valence-corrected chi connectivity index (χ1v) is 22.4. The highest BCUT2D eigenvalue weighted by Crippen LogP contribution is 2.45. The number of fused-ring (bicyclic) bond motifs is 8. The Labute approximate surface area is 381 Å².